The van der Waals surface area contributed by atoms with Crippen molar-refractivity contribution in [3.05, 3.63) is 22.2 Å². The number of methoxy groups -OCH3 is 1. The third-order valence-electron chi connectivity index (χ3n) is 1.88. The molecule has 16 heavy (non-hydrogen) atoms. The normalized spacial score (nSPS) is 9.94. The number of ether oxygens (including phenoxy) is 3. The molecule has 4 nitrogen and oxygen atoms in total. The third-order valence-corrected chi connectivity index (χ3v) is 2.47. The summed E-state index contributed by atoms with van der Waals surface area (Å²) in [6.45, 7) is 2.60. The predicted octanol–water partition coefficient (Wildman–Crippen LogP) is 2.64. The number of hydrogen-bond acceptors (Lipinski definition) is 4. The second-order valence-corrected chi connectivity index (χ2v) is 3.76. The van der Waals surface area contributed by atoms with Gasteiger partial charge in [-0.05, 0) is 35.0 Å². The fourth-order valence-corrected chi connectivity index (χ4v) is 1.71. The van der Waals surface area contributed by atoms with Crippen molar-refractivity contribution in [2.45, 2.75) is 6.92 Å². The van der Waals surface area contributed by atoms with Gasteiger partial charge in [0.2, 0.25) is 0 Å². The van der Waals surface area contributed by atoms with Crippen LogP contribution in [0.5, 0.6) is 11.5 Å². The number of rotatable bonds is 6. The molecule has 1 aromatic carbocycles. The highest BCUT2D eigenvalue weighted by Gasteiger charge is 2.11. The summed E-state index contributed by atoms with van der Waals surface area (Å²) in [5, 5.41) is 0. The van der Waals surface area contributed by atoms with Crippen molar-refractivity contribution in [3.63, 3.8) is 0 Å². The smallest absolute Gasteiger partial charge is 0.189 e. The molecule has 0 amide bonds. The summed E-state index contributed by atoms with van der Waals surface area (Å²) in [7, 11) is 1.52. The minimum atomic E-state index is 0.145. The van der Waals surface area contributed by atoms with Crippen LogP contribution in [-0.4, -0.2) is 26.8 Å². The van der Waals surface area contributed by atoms with Crippen LogP contribution in [-0.2, 0) is 4.74 Å². The number of benzene rings is 1. The van der Waals surface area contributed by atoms with E-state index in [4.69, 9.17) is 14.2 Å². The molecule has 5 heteroatoms. The van der Waals surface area contributed by atoms with E-state index in [0.29, 0.717) is 28.1 Å². The van der Waals surface area contributed by atoms with Crippen LogP contribution < -0.4 is 9.47 Å². The van der Waals surface area contributed by atoms with E-state index in [1.807, 2.05) is 6.92 Å². The van der Waals surface area contributed by atoms with Gasteiger partial charge in [0.05, 0.1) is 11.6 Å². The van der Waals surface area contributed by atoms with Gasteiger partial charge in [-0.25, -0.2) is 0 Å². The average Bonchev–Trinajstić information content (AvgIpc) is 2.30. The molecule has 0 aliphatic rings. The predicted molar refractivity (Wildman–Crippen MR) is 63.2 cm³/mol. The van der Waals surface area contributed by atoms with E-state index in [1.54, 1.807) is 12.1 Å². The van der Waals surface area contributed by atoms with Crippen molar-refractivity contribution in [3.8, 4) is 11.5 Å². The molecule has 0 saturated heterocycles. The van der Waals surface area contributed by atoms with E-state index < -0.39 is 0 Å². The molecule has 1 rings (SSSR count). The Morgan fingerprint density at radius 1 is 1.44 bits per heavy atom. The van der Waals surface area contributed by atoms with Crippen LogP contribution in [0.15, 0.2) is 16.6 Å². The van der Waals surface area contributed by atoms with Crippen LogP contribution in [0.3, 0.4) is 0 Å². The van der Waals surface area contributed by atoms with Crippen molar-refractivity contribution >= 4 is 22.2 Å². The molecule has 1 aromatic rings. The molecule has 0 aliphatic heterocycles. The van der Waals surface area contributed by atoms with Gasteiger partial charge >= 0.3 is 0 Å². The lowest BCUT2D eigenvalue weighted by atomic mass is 10.2. The second kappa shape index (κ2) is 6.50. The van der Waals surface area contributed by atoms with Crippen LogP contribution in [0.25, 0.3) is 0 Å². The highest BCUT2D eigenvalue weighted by molar-refractivity contribution is 9.10. The van der Waals surface area contributed by atoms with Crippen LogP contribution in [0.4, 0.5) is 0 Å². The number of carbonyl (C=O) groups is 1. The Morgan fingerprint density at radius 3 is 2.75 bits per heavy atom. The van der Waals surface area contributed by atoms with Gasteiger partial charge in [0.15, 0.2) is 18.3 Å². The Labute approximate surface area is 103 Å². The Bertz CT molecular complexity index is 365. The maximum absolute atomic E-state index is 10.7. The van der Waals surface area contributed by atoms with Crippen molar-refractivity contribution in [1.82, 2.24) is 0 Å². The highest BCUT2D eigenvalue weighted by atomic mass is 79.9. The van der Waals surface area contributed by atoms with Gasteiger partial charge in [-0.15, -0.1) is 0 Å². The van der Waals surface area contributed by atoms with Crippen LogP contribution in [0.2, 0.25) is 0 Å². The second-order valence-electron chi connectivity index (χ2n) is 2.91. The zero-order chi connectivity index (χ0) is 12.0. The zero-order valence-electron chi connectivity index (χ0n) is 9.16. The van der Waals surface area contributed by atoms with E-state index >= 15 is 0 Å². The summed E-state index contributed by atoms with van der Waals surface area (Å²) < 4.78 is 16.3. The molecule has 0 heterocycles. The topological polar surface area (TPSA) is 44.8 Å². The number of carbonyl (C=O) groups excluding carboxylic acids is 1. The molecular weight excluding hydrogens is 276 g/mol. The molecule has 0 spiro atoms. The first-order valence-electron chi connectivity index (χ1n) is 4.76. The van der Waals surface area contributed by atoms with Crippen LogP contribution in [0.1, 0.15) is 17.3 Å². The molecule has 88 valence electrons. The molecule has 0 atom stereocenters. The highest BCUT2D eigenvalue weighted by Crippen LogP contribution is 2.36. The molecule has 0 bridgehead atoms. The van der Waals surface area contributed by atoms with Crippen molar-refractivity contribution < 1.29 is 19.0 Å². The molecule has 0 aromatic heterocycles. The quantitative estimate of drug-likeness (QED) is 0.459. The van der Waals surface area contributed by atoms with E-state index in [0.717, 1.165) is 6.29 Å². The number of halogens is 1. The Balaban J connectivity index is 2.92. The first kappa shape index (κ1) is 13.0. The van der Waals surface area contributed by atoms with Gasteiger partial charge < -0.3 is 14.2 Å². The van der Waals surface area contributed by atoms with Crippen LogP contribution >= 0.6 is 15.9 Å². The molecular formula is C11H13BrO4. The fraction of sp³-hybridized carbons (Fsp3) is 0.364. The Morgan fingerprint density at radius 2 is 2.19 bits per heavy atom. The maximum atomic E-state index is 10.7. The van der Waals surface area contributed by atoms with E-state index in [1.165, 1.54) is 7.11 Å². The largest absolute Gasteiger partial charge is 0.493 e. The summed E-state index contributed by atoms with van der Waals surface area (Å²) in [5.74, 6) is 1.03. The van der Waals surface area contributed by atoms with Gasteiger partial charge in [0, 0.05) is 12.2 Å². The zero-order valence-corrected chi connectivity index (χ0v) is 10.7. The van der Waals surface area contributed by atoms with Gasteiger partial charge in [0.1, 0.15) is 6.29 Å². The lowest BCUT2D eigenvalue weighted by Crippen LogP contribution is -2.04. The fourth-order valence-electron chi connectivity index (χ4n) is 1.13. The summed E-state index contributed by atoms with van der Waals surface area (Å²) in [5.41, 5.74) is 0.521. The summed E-state index contributed by atoms with van der Waals surface area (Å²) in [4.78, 5) is 10.7. The number of aldehydes is 1. The average molecular weight is 289 g/mol. The molecule has 0 unspecified atom stereocenters. The van der Waals surface area contributed by atoms with Crippen LogP contribution in [0, 0.1) is 0 Å². The standard InChI is InChI=1S/C11H13BrO4/c1-3-15-7-16-11-9(12)4-8(6-13)5-10(11)14-2/h4-6H,3,7H2,1-2H3. The van der Waals surface area contributed by atoms with Gasteiger partial charge in [-0.1, -0.05) is 0 Å². The summed E-state index contributed by atoms with van der Waals surface area (Å²) >= 11 is 3.31. The van der Waals surface area contributed by atoms with E-state index in [-0.39, 0.29) is 6.79 Å². The minimum absolute atomic E-state index is 0.145. The lowest BCUT2D eigenvalue weighted by Gasteiger charge is -2.12. The monoisotopic (exact) mass is 288 g/mol. The van der Waals surface area contributed by atoms with Crippen molar-refractivity contribution in [2.24, 2.45) is 0 Å². The van der Waals surface area contributed by atoms with Gasteiger partial charge in [-0.2, -0.15) is 0 Å². The maximum Gasteiger partial charge on any atom is 0.189 e. The lowest BCUT2D eigenvalue weighted by molar-refractivity contribution is 0.0204. The Hall–Kier alpha value is -1.07. The van der Waals surface area contributed by atoms with Gasteiger partial charge in [0.25, 0.3) is 0 Å². The minimum Gasteiger partial charge on any atom is -0.493 e. The van der Waals surface area contributed by atoms with Crippen molar-refractivity contribution in [1.29, 1.82) is 0 Å². The molecule has 0 saturated carbocycles. The van der Waals surface area contributed by atoms with Crippen molar-refractivity contribution in [2.75, 3.05) is 20.5 Å². The first-order chi connectivity index (χ1) is 7.72. The third kappa shape index (κ3) is 3.21. The summed E-state index contributed by atoms with van der Waals surface area (Å²) in [6.07, 6.45) is 0.750. The summed E-state index contributed by atoms with van der Waals surface area (Å²) in [6, 6.07) is 3.27. The first-order valence-corrected chi connectivity index (χ1v) is 5.55. The number of hydrogen-bond donors (Lipinski definition) is 0. The van der Waals surface area contributed by atoms with Gasteiger partial charge in [-0.3, -0.25) is 4.79 Å². The SMILES string of the molecule is CCOCOc1c(Br)cc(C=O)cc1OC. The molecule has 0 radical (unpaired) electrons. The van der Waals surface area contributed by atoms with E-state index in [2.05, 4.69) is 15.9 Å². The Kier molecular flexibility index (Phi) is 5.28. The molecule has 0 aliphatic carbocycles. The molecule has 0 N–H and O–H groups in total. The molecule has 0 fully saturated rings. The van der Waals surface area contributed by atoms with E-state index in [9.17, 15) is 4.79 Å².